The Labute approximate surface area is 92.7 Å². The molecular formula is C8H8BrNO3S. The maximum atomic E-state index is 10.7. The lowest BCUT2D eigenvalue weighted by molar-refractivity contribution is -0.148. The molecule has 0 radical (unpaired) electrons. The van der Waals surface area contributed by atoms with Crippen LogP contribution in [0.2, 0.25) is 0 Å². The van der Waals surface area contributed by atoms with Crippen LogP contribution in [0.25, 0.3) is 0 Å². The summed E-state index contributed by atoms with van der Waals surface area (Å²) < 4.78 is 0.719. The van der Waals surface area contributed by atoms with Gasteiger partial charge in [-0.1, -0.05) is 0 Å². The maximum absolute atomic E-state index is 10.7. The fraction of sp³-hybridized carbons (Fsp3) is 0.500. The predicted molar refractivity (Wildman–Crippen MR) is 54.4 cm³/mol. The van der Waals surface area contributed by atoms with E-state index in [1.165, 1.54) is 11.3 Å². The largest absolute Gasteiger partial charge is 0.479 e. The van der Waals surface area contributed by atoms with Crippen molar-refractivity contribution in [3.05, 3.63) is 15.0 Å². The summed E-state index contributed by atoms with van der Waals surface area (Å²) in [5, 5.41) is 20.1. The molecule has 0 saturated heterocycles. The number of carboxylic acids is 1. The molecule has 14 heavy (non-hydrogen) atoms. The van der Waals surface area contributed by atoms with Crippen molar-refractivity contribution >= 4 is 33.2 Å². The van der Waals surface area contributed by atoms with Crippen LogP contribution in [-0.4, -0.2) is 27.3 Å². The molecule has 0 amide bonds. The summed E-state index contributed by atoms with van der Waals surface area (Å²) >= 11 is 4.62. The molecule has 1 atom stereocenters. The molecule has 1 heterocycles. The first-order chi connectivity index (χ1) is 6.56. The van der Waals surface area contributed by atoms with Gasteiger partial charge in [-0.25, -0.2) is 9.78 Å². The summed E-state index contributed by atoms with van der Waals surface area (Å²) in [5.41, 5.74) is 0.0539. The molecule has 76 valence electrons. The van der Waals surface area contributed by atoms with Crippen LogP contribution in [-0.2, 0) is 10.2 Å². The summed E-state index contributed by atoms with van der Waals surface area (Å²) in [6, 6.07) is 0. The van der Waals surface area contributed by atoms with Crippen LogP contribution < -0.4 is 0 Å². The zero-order chi connectivity index (χ0) is 10.3. The number of aromatic nitrogens is 1. The minimum absolute atomic E-state index is 0.631. The molecule has 1 aliphatic rings. The molecule has 1 aromatic heterocycles. The molecule has 0 spiro atoms. The van der Waals surface area contributed by atoms with Crippen LogP contribution in [0.5, 0.6) is 0 Å². The lowest BCUT2D eigenvalue weighted by Crippen LogP contribution is -2.34. The Hall–Kier alpha value is -0.460. The smallest absolute Gasteiger partial charge is 0.333 e. The third-order valence-electron chi connectivity index (χ3n) is 2.53. The van der Waals surface area contributed by atoms with Crippen LogP contribution in [0.3, 0.4) is 0 Å². The molecular weight excluding hydrogens is 270 g/mol. The fourth-order valence-corrected chi connectivity index (χ4v) is 2.64. The minimum atomic E-state index is -1.34. The number of carbonyl (C=O) groups is 1. The van der Waals surface area contributed by atoms with Crippen molar-refractivity contribution < 1.29 is 15.0 Å². The third kappa shape index (κ3) is 1.47. The Kier molecular flexibility index (Phi) is 2.36. The number of nitrogens with zero attached hydrogens (tertiary/aromatic N) is 1. The van der Waals surface area contributed by atoms with E-state index in [4.69, 9.17) is 5.11 Å². The van der Waals surface area contributed by atoms with Crippen molar-refractivity contribution in [2.45, 2.75) is 24.4 Å². The molecule has 2 N–H and O–H groups in total. The second-order valence-corrected chi connectivity index (χ2v) is 5.52. The van der Waals surface area contributed by atoms with Gasteiger partial charge < -0.3 is 10.2 Å². The quantitative estimate of drug-likeness (QED) is 0.876. The van der Waals surface area contributed by atoms with Gasteiger partial charge in [-0.05, 0) is 28.8 Å². The van der Waals surface area contributed by atoms with E-state index in [9.17, 15) is 9.90 Å². The van der Waals surface area contributed by atoms with Crippen molar-refractivity contribution in [1.29, 1.82) is 0 Å². The number of thiazole rings is 1. The molecule has 1 saturated carbocycles. The van der Waals surface area contributed by atoms with Gasteiger partial charge in [0, 0.05) is 5.38 Å². The molecule has 0 bridgehead atoms. The highest BCUT2D eigenvalue weighted by molar-refractivity contribution is 9.11. The Balaban J connectivity index is 2.29. The molecule has 6 heteroatoms. The Bertz CT molecular complexity index is 374. The van der Waals surface area contributed by atoms with E-state index in [0.29, 0.717) is 18.5 Å². The molecule has 0 aliphatic heterocycles. The Morgan fingerprint density at radius 1 is 1.71 bits per heavy atom. The van der Waals surface area contributed by atoms with Crippen LogP contribution in [0.1, 0.15) is 18.5 Å². The van der Waals surface area contributed by atoms with Gasteiger partial charge in [0.05, 0.1) is 11.1 Å². The molecule has 1 fully saturated rings. The van der Waals surface area contributed by atoms with E-state index < -0.39 is 17.5 Å². The fourth-order valence-electron chi connectivity index (χ4n) is 1.52. The number of aliphatic carboxylic acids is 1. The van der Waals surface area contributed by atoms with Crippen molar-refractivity contribution in [2.24, 2.45) is 0 Å². The SMILES string of the molecule is O=C(O)C(O)C1(c2csc(Br)n2)CC1. The average molecular weight is 278 g/mol. The summed E-state index contributed by atoms with van der Waals surface area (Å²) in [5.74, 6) is -1.17. The van der Waals surface area contributed by atoms with Crippen molar-refractivity contribution in [2.75, 3.05) is 0 Å². The number of halogens is 1. The first-order valence-corrected chi connectivity index (χ1v) is 5.76. The topological polar surface area (TPSA) is 70.4 Å². The van der Waals surface area contributed by atoms with Crippen LogP contribution >= 0.6 is 27.3 Å². The summed E-state index contributed by atoms with van der Waals surface area (Å²) in [4.78, 5) is 14.8. The summed E-state index contributed by atoms with van der Waals surface area (Å²) in [7, 11) is 0. The first kappa shape index (κ1) is 10.1. The monoisotopic (exact) mass is 277 g/mol. The van der Waals surface area contributed by atoms with Gasteiger partial charge >= 0.3 is 5.97 Å². The number of aliphatic hydroxyl groups excluding tert-OH is 1. The molecule has 0 aromatic carbocycles. The number of carboxylic acid groups (broad SMARTS) is 1. The van der Waals surface area contributed by atoms with Crippen LogP contribution in [0.15, 0.2) is 9.30 Å². The van der Waals surface area contributed by atoms with E-state index in [-0.39, 0.29) is 0 Å². The van der Waals surface area contributed by atoms with E-state index in [0.717, 1.165) is 3.92 Å². The number of hydrogen-bond donors (Lipinski definition) is 2. The first-order valence-electron chi connectivity index (χ1n) is 4.09. The maximum Gasteiger partial charge on any atom is 0.333 e. The van der Waals surface area contributed by atoms with Gasteiger partial charge in [0.15, 0.2) is 10.0 Å². The predicted octanol–water partition coefficient (Wildman–Crippen LogP) is 1.38. The average Bonchev–Trinajstić information content (AvgIpc) is 2.83. The Morgan fingerprint density at radius 3 is 2.71 bits per heavy atom. The van der Waals surface area contributed by atoms with Crippen molar-refractivity contribution in [3.63, 3.8) is 0 Å². The van der Waals surface area contributed by atoms with Gasteiger partial charge in [0.25, 0.3) is 0 Å². The van der Waals surface area contributed by atoms with E-state index in [1.54, 1.807) is 5.38 Å². The van der Waals surface area contributed by atoms with Gasteiger partial charge in [-0.15, -0.1) is 11.3 Å². The lowest BCUT2D eigenvalue weighted by Gasteiger charge is -2.15. The van der Waals surface area contributed by atoms with Crippen molar-refractivity contribution in [1.82, 2.24) is 4.98 Å². The molecule has 1 aromatic rings. The van der Waals surface area contributed by atoms with E-state index in [1.807, 2.05) is 0 Å². The summed E-state index contributed by atoms with van der Waals surface area (Å²) in [6.45, 7) is 0. The van der Waals surface area contributed by atoms with Crippen LogP contribution in [0, 0.1) is 0 Å². The minimum Gasteiger partial charge on any atom is -0.479 e. The number of hydrogen-bond acceptors (Lipinski definition) is 4. The van der Waals surface area contributed by atoms with Crippen LogP contribution in [0.4, 0.5) is 0 Å². The van der Waals surface area contributed by atoms with Gasteiger partial charge in [0.1, 0.15) is 0 Å². The van der Waals surface area contributed by atoms with E-state index in [2.05, 4.69) is 20.9 Å². The van der Waals surface area contributed by atoms with E-state index >= 15 is 0 Å². The van der Waals surface area contributed by atoms with Gasteiger partial charge in [-0.3, -0.25) is 0 Å². The highest BCUT2D eigenvalue weighted by atomic mass is 79.9. The zero-order valence-corrected chi connectivity index (χ0v) is 9.51. The normalized spacial score (nSPS) is 20.4. The number of rotatable bonds is 3. The highest BCUT2D eigenvalue weighted by Crippen LogP contribution is 2.51. The molecule has 4 nitrogen and oxygen atoms in total. The van der Waals surface area contributed by atoms with Gasteiger partial charge in [-0.2, -0.15) is 0 Å². The van der Waals surface area contributed by atoms with Gasteiger partial charge in [0.2, 0.25) is 0 Å². The summed E-state index contributed by atoms with van der Waals surface area (Å²) in [6.07, 6.45) is 0.0456. The lowest BCUT2D eigenvalue weighted by atomic mass is 9.96. The van der Waals surface area contributed by atoms with Crippen molar-refractivity contribution in [3.8, 4) is 0 Å². The third-order valence-corrected chi connectivity index (χ3v) is 3.90. The highest BCUT2D eigenvalue weighted by Gasteiger charge is 2.55. The standard InChI is InChI=1S/C8H8BrNO3S/c9-7-10-4(3-14-7)8(1-2-8)5(11)6(12)13/h3,5,11H,1-2H2,(H,12,13). The second-order valence-electron chi connectivity index (χ2n) is 3.38. The Morgan fingerprint density at radius 2 is 2.36 bits per heavy atom. The zero-order valence-electron chi connectivity index (χ0n) is 7.11. The molecule has 2 rings (SSSR count). The number of aliphatic hydroxyl groups is 1. The molecule has 1 unspecified atom stereocenters. The second kappa shape index (κ2) is 3.29. The molecule has 1 aliphatic carbocycles.